The second kappa shape index (κ2) is 11.7. The molecule has 0 spiro atoms. The molecule has 0 aromatic heterocycles. The highest BCUT2D eigenvalue weighted by Gasteiger charge is 2.18. The molecule has 6 nitrogen and oxygen atoms in total. The molecule has 1 amide bonds. The van der Waals surface area contributed by atoms with Crippen LogP contribution in [-0.4, -0.2) is 32.7 Å². The molecule has 30 heavy (non-hydrogen) atoms. The standard InChI is InChI=1S/C23H24ClNO5/c1-4-13-30-21-14-19(28-2)11-7-17(21)8-12-22(26)25-20(15-23(27)29-3)16-5-9-18(24)10-6-16/h4-12,14,20H,1,13,15H2,2-3H3,(H,25,26)/b12-8+. The van der Waals surface area contributed by atoms with E-state index in [4.69, 9.17) is 25.8 Å². The van der Waals surface area contributed by atoms with Gasteiger partial charge in [0.1, 0.15) is 18.1 Å². The highest BCUT2D eigenvalue weighted by Crippen LogP contribution is 2.26. The van der Waals surface area contributed by atoms with Crippen LogP contribution in [0.3, 0.4) is 0 Å². The maximum Gasteiger partial charge on any atom is 0.307 e. The van der Waals surface area contributed by atoms with Gasteiger partial charge in [0.15, 0.2) is 0 Å². The van der Waals surface area contributed by atoms with Crippen molar-refractivity contribution in [1.29, 1.82) is 0 Å². The number of methoxy groups -OCH3 is 2. The first-order valence-corrected chi connectivity index (χ1v) is 9.57. The van der Waals surface area contributed by atoms with Crippen LogP contribution in [0.5, 0.6) is 11.5 Å². The van der Waals surface area contributed by atoms with Crippen LogP contribution in [-0.2, 0) is 14.3 Å². The van der Waals surface area contributed by atoms with Crippen molar-refractivity contribution in [2.24, 2.45) is 0 Å². The number of esters is 1. The van der Waals surface area contributed by atoms with Gasteiger partial charge in [-0.1, -0.05) is 36.4 Å². The van der Waals surface area contributed by atoms with Gasteiger partial charge in [-0.25, -0.2) is 0 Å². The number of hydrogen-bond donors (Lipinski definition) is 1. The van der Waals surface area contributed by atoms with E-state index in [0.29, 0.717) is 28.7 Å². The normalized spacial score (nSPS) is 11.6. The monoisotopic (exact) mass is 429 g/mol. The molecule has 0 saturated carbocycles. The molecule has 7 heteroatoms. The van der Waals surface area contributed by atoms with E-state index in [2.05, 4.69) is 11.9 Å². The predicted octanol–water partition coefficient (Wildman–Crippen LogP) is 4.35. The Morgan fingerprint density at radius 3 is 2.53 bits per heavy atom. The summed E-state index contributed by atoms with van der Waals surface area (Å²) in [7, 11) is 2.87. The number of rotatable bonds is 10. The Labute approximate surface area is 181 Å². The molecule has 0 heterocycles. The summed E-state index contributed by atoms with van der Waals surface area (Å²) in [5, 5.41) is 3.39. The minimum absolute atomic E-state index is 0.00601. The molecule has 0 aliphatic rings. The molecule has 0 bridgehead atoms. The first-order chi connectivity index (χ1) is 14.5. The molecule has 1 atom stereocenters. The number of halogens is 1. The lowest BCUT2D eigenvalue weighted by Crippen LogP contribution is -2.29. The van der Waals surface area contributed by atoms with Crippen LogP contribution < -0.4 is 14.8 Å². The van der Waals surface area contributed by atoms with Gasteiger partial charge in [-0.15, -0.1) is 0 Å². The van der Waals surface area contributed by atoms with Gasteiger partial charge < -0.3 is 19.5 Å². The smallest absolute Gasteiger partial charge is 0.307 e. The zero-order valence-electron chi connectivity index (χ0n) is 16.9. The summed E-state index contributed by atoms with van der Waals surface area (Å²) in [5.41, 5.74) is 1.44. The Morgan fingerprint density at radius 1 is 1.17 bits per heavy atom. The number of carbonyl (C=O) groups excluding carboxylic acids is 2. The number of benzene rings is 2. The van der Waals surface area contributed by atoms with E-state index < -0.39 is 12.0 Å². The molecule has 2 aromatic carbocycles. The van der Waals surface area contributed by atoms with Gasteiger partial charge in [0.05, 0.1) is 26.7 Å². The number of hydrogen-bond acceptors (Lipinski definition) is 5. The first kappa shape index (κ1) is 23.0. The minimum Gasteiger partial charge on any atom is -0.497 e. The fraction of sp³-hybridized carbons (Fsp3) is 0.217. The molecule has 0 saturated heterocycles. The third-order valence-corrected chi connectivity index (χ3v) is 4.43. The minimum atomic E-state index is -0.556. The van der Waals surface area contributed by atoms with Gasteiger partial charge in [0, 0.05) is 22.7 Å². The number of nitrogens with one attached hydrogen (secondary N) is 1. The van der Waals surface area contributed by atoms with Gasteiger partial charge in [-0.05, 0) is 35.9 Å². The summed E-state index contributed by atoms with van der Waals surface area (Å²) < 4.78 is 15.6. The molecular formula is C23H24ClNO5. The largest absolute Gasteiger partial charge is 0.497 e. The SMILES string of the molecule is C=CCOc1cc(OC)ccc1/C=C/C(=O)NC(CC(=O)OC)c1ccc(Cl)cc1. The Morgan fingerprint density at radius 2 is 1.90 bits per heavy atom. The highest BCUT2D eigenvalue weighted by atomic mass is 35.5. The average Bonchev–Trinajstić information content (AvgIpc) is 2.76. The summed E-state index contributed by atoms with van der Waals surface area (Å²) in [5.74, 6) is 0.387. The molecule has 1 unspecified atom stereocenters. The van der Waals surface area contributed by atoms with Crippen molar-refractivity contribution >= 4 is 29.6 Å². The Hall–Kier alpha value is -3.25. The van der Waals surface area contributed by atoms with Gasteiger partial charge >= 0.3 is 5.97 Å². The van der Waals surface area contributed by atoms with Crippen LogP contribution in [0.2, 0.25) is 5.02 Å². The molecule has 0 aliphatic carbocycles. The first-order valence-electron chi connectivity index (χ1n) is 9.19. The van der Waals surface area contributed by atoms with Crippen molar-refractivity contribution < 1.29 is 23.8 Å². The Bertz CT molecular complexity index is 908. The average molecular weight is 430 g/mol. The van der Waals surface area contributed by atoms with E-state index in [1.54, 1.807) is 61.7 Å². The van der Waals surface area contributed by atoms with Gasteiger partial charge in [-0.2, -0.15) is 0 Å². The molecular weight excluding hydrogens is 406 g/mol. The predicted molar refractivity (Wildman–Crippen MR) is 117 cm³/mol. The van der Waals surface area contributed by atoms with Gasteiger partial charge in [0.25, 0.3) is 0 Å². The van der Waals surface area contributed by atoms with E-state index in [1.807, 2.05) is 0 Å². The van der Waals surface area contributed by atoms with Gasteiger partial charge in [-0.3, -0.25) is 9.59 Å². The molecule has 2 rings (SSSR count). The molecule has 0 fully saturated rings. The fourth-order valence-corrected chi connectivity index (χ4v) is 2.76. The fourth-order valence-electron chi connectivity index (χ4n) is 2.64. The van der Waals surface area contributed by atoms with E-state index in [0.717, 1.165) is 5.56 Å². The maximum atomic E-state index is 12.5. The van der Waals surface area contributed by atoms with E-state index >= 15 is 0 Å². The van der Waals surface area contributed by atoms with E-state index in [-0.39, 0.29) is 12.3 Å². The van der Waals surface area contributed by atoms with Crippen molar-refractivity contribution in [2.45, 2.75) is 12.5 Å². The number of ether oxygens (including phenoxy) is 3. The quantitative estimate of drug-likeness (QED) is 0.345. The third-order valence-electron chi connectivity index (χ3n) is 4.18. The summed E-state index contributed by atoms with van der Waals surface area (Å²) in [6.07, 6.45) is 4.63. The highest BCUT2D eigenvalue weighted by molar-refractivity contribution is 6.30. The van der Waals surface area contributed by atoms with Crippen LogP contribution in [0.15, 0.2) is 61.2 Å². The van der Waals surface area contributed by atoms with Crippen molar-refractivity contribution in [3.05, 3.63) is 77.3 Å². The zero-order valence-corrected chi connectivity index (χ0v) is 17.6. The molecule has 1 N–H and O–H groups in total. The summed E-state index contributed by atoms with van der Waals surface area (Å²) in [6.45, 7) is 3.95. The summed E-state index contributed by atoms with van der Waals surface area (Å²) in [4.78, 5) is 24.3. The molecule has 0 radical (unpaired) electrons. The second-order valence-electron chi connectivity index (χ2n) is 6.23. The van der Waals surface area contributed by atoms with Crippen LogP contribution >= 0.6 is 11.6 Å². The topological polar surface area (TPSA) is 73.9 Å². The third kappa shape index (κ3) is 6.97. The zero-order chi connectivity index (χ0) is 21.9. The lowest BCUT2D eigenvalue weighted by atomic mass is 10.0. The molecule has 0 aliphatic heterocycles. The summed E-state index contributed by atoms with van der Waals surface area (Å²) in [6, 6.07) is 11.6. The second-order valence-corrected chi connectivity index (χ2v) is 6.67. The van der Waals surface area contributed by atoms with Crippen LogP contribution in [0, 0.1) is 0 Å². The van der Waals surface area contributed by atoms with Crippen LogP contribution in [0.1, 0.15) is 23.6 Å². The van der Waals surface area contributed by atoms with Crippen molar-refractivity contribution in [3.8, 4) is 11.5 Å². The lowest BCUT2D eigenvalue weighted by molar-refractivity contribution is -0.141. The van der Waals surface area contributed by atoms with Crippen molar-refractivity contribution in [3.63, 3.8) is 0 Å². The van der Waals surface area contributed by atoms with E-state index in [1.165, 1.54) is 13.2 Å². The van der Waals surface area contributed by atoms with Crippen LogP contribution in [0.25, 0.3) is 6.08 Å². The molecule has 158 valence electrons. The van der Waals surface area contributed by atoms with Gasteiger partial charge in [0.2, 0.25) is 5.91 Å². The number of carbonyl (C=O) groups is 2. The van der Waals surface area contributed by atoms with Crippen molar-refractivity contribution in [2.75, 3.05) is 20.8 Å². The molecule has 2 aromatic rings. The van der Waals surface area contributed by atoms with E-state index in [9.17, 15) is 9.59 Å². The lowest BCUT2D eigenvalue weighted by Gasteiger charge is -2.17. The Kier molecular flexibility index (Phi) is 8.97. The summed E-state index contributed by atoms with van der Waals surface area (Å²) >= 11 is 5.93. The van der Waals surface area contributed by atoms with Crippen LogP contribution in [0.4, 0.5) is 0 Å². The van der Waals surface area contributed by atoms with Crippen molar-refractivity contribution in [1.82, 2.24) is 5.32 Å². The number of amides is 1. The maximum absolute atomic E-state index is 12.5. The Balaban J connectivity index is 2.17.